The number of carbonyl (C=O) groups is 1. The van der Waals surface area contributed by atoms with Gasteiger partial charge in [-0.1, -0.05) is 36.2 Å². The van der Waals surface area contributed by atoms with Gasteiger partial charge in [0.1, 0.15) is 29.9 Å². The lowest BCUT2D eigenvalue weighted by Gasteiger charge is -2.59. The molecule has 5 rings (SSSR count). The van der Waals surface area contributed by atoms with Crippen molar-refractivity contribution in [3.63, 3.8) is 0 Å². The van der Waals surface area contributed by atoms with Crippen LogP contribution in [-0.4, -0.2) is 79.3 Å². The zero-order valence-electron chi connectivity index (χ0n) is 30.2. The van der Waals surface area contributed by atoms with E-state index in [9.17, 15) is 15.0 Å². The number of hydrogen-bond acceptors (Lipinski definition) is 9. The van der Waals surface area contributed by atoms with Crippen LogP contribution in [0, 0.1) is 31.6 Å². The normalized spacial score (nSPS) is 25.9. The van der Waals surface area contributed by atoms with Crippen molar-refractivity contribution in [3.8, 4) is 17.2 Å². The van der Waals surface area contributed by atoms with E-state index >= 15 is 0 Å². The Balaban J connectivity index is 1.75. The minimum Gasteiger partial charge on any atom is -0.459 e. The molecule has 0 radical (unpaired) electrons. The second kappa shape index (κ2) is 16.9. The molecule has 1 heterocycles. The van der Waals surface area contributed by atoms with Crippen molar-refractivity contribution in [1.29, 1.82) is 0 Å². The zero-order chi connectivity index (χ0) is 35.8. The summed E-state index contributed by atoms with van der Waals surface area (Å²) >= 11 is 0. The van der Waals surface area contributed by atoms with Crippen LogP contribution in [-0.2, 0) is 14.3 Å². The third-order valence-electron chi connectivity index (χ3n) is 10.6. The number of ether oxygens (including phenoxy) is 4. The molecule has 10 heteroatoms. The van der Waals surface area contributed by atoms with E-state index in [1.807, 2.05) is 31.2 Å². The predicted molar refractivity (Wildman–Crippen MR) is 193 cm³/mol. The standard InChI is InChI=1S/C40H54N2O8/c1-7-21-47-40-36(42(5)39(45)46-6)25-34(41-48-8-2)32-23-28(13-9-11-19-43)31(14-10-12-20-44)37(38(32)40)33-24-30(17-18-35(33)50-40)49-29-16-15-26(3)27(4)22-29/h7,15-18,22-24,28,31,36-38,43-44H,1,8-14,19-21,25H2,2-6H3. The number of methoxy groups -OCH3 is 1. The number of allylic oxidation sites excluding steroid dienone is 1. The van der Waals surface area contributed by atoms with Crippen LogP contribution in [0.25, 0.3) is 0 Å². The largest absolute Gasteiger partial charge is 0.459 e. The summed E-state index contributed by atoms with van der Waals surface area (Å²) < 4.78 is 25.6. The lowest BCUT2D eigenvalue weighted by molar-refractivity contribution is -0.253. The molecular weight excluding hydrogens is 636 g/mol. The smallest absolute Gasteiger partial charge is 0.409 e. The van der Waals surface area contributed by atoms with Crippen LogP contribution in [0.5, 0.6) is 17.2 Å². The number of unbranched alkanes of at least 4 members (excludes halogenated alkanes) is 2. The van der Waals surface area contributed by atoms with Crippen LogP contribution in [0.1, 0.15) is 74.5 Å². The molecule has 2 N–H and O–H groups in total. The highest BCUT2D eigenvalue weighted by Gasteiger charge is 2.65. The Kier molecular flexibility index (Phi) is 12.6. The Labute approximate surface area is 296 Å². The molecule has 0 saturated heterocycles. The lowest BCUT2D eigenvalue weighted by Crippen LogP contribution is -2.69. The first-order valence-corrected chi connectivity index (χ1v) is 18.0. The van der Waals surface area contributed by atoms with Crippen LogP contribution in [0.2, 0.25) is 0 Å². The molecule has 272 valence electrons. The first-order valence-electron chi connectivity index (χ1n) is 18.0. The van der Waals surface area contributed by atoms with Gasteiger partial charge in [0.15, 0.2) is 0 Å². The maximum Gasteiger partial charge on any atom is 0.409 e. The summed E-state index contributed by atoms with van der Waals surface area (Å²) in [4.78, 5) is 20.5. The molecule has 6 atom stereocenters. The molecule has 1 saturated carbocycles. The SMILES string of the molecule is C=CCOC12Oc3ccc(Oc4ccc(C)c(C)c4)cc3C3C(CCCCO)C(CCCCO)C=C(C(=NOCC)CC1N(C)C(=O)OC)C32. The summed E-state index contributed by atoms with van der Waals surface area (Å²) in [7, 11) is 3.07. The van der Waals surface area contributed by atoms with Gasteiger partial charge in [-0.05, 0) is 105 Å². The zero-order valence-corrected chi connectivity index (χ0v) is 30.2. The molecule has 0 bridgehead atoms. The van der Waals surface area contributed by atoms with E-state index in [-0.39, 0.29) is 43.5 Å². The Morgan fingerprint density at radius 3 is 2.46 bits per heavy atom. The summed E-state index contributed by atoms with van der Waals surface area (Å²) in [6, 6.07) is 11.4. The van der Waals surface area contributed by atoms with Gasteiger partial charge in [0, 0.05) is 38.2 Å². The number of aliphatic hydroxyl groups is 2. The average Bonchev–Trinajstić information content (AvgIpc) is 3.12. The van der Waals surface area contributed by atoms with Crippen LogP contribution in [0.3, 0.4) is 0 Å². The summed E-state index contributed by atoms with van der Waals surface area (Å²) in [5, 5.41) is 24.2. The maximum atomic E-state index is 13.2. The van der Waals surface area contributed by atoms with Crippen LogP contribution in [0.4, 0.5) is 4.79 Å². The van der Waals surface area contributed by atoms with Crippen molar-refractivity contribution < 1.29 is 38.8 Å². The average molecular weight is 691 g/mol. The Morgan fingerprint density at radius 1 is 1.06 bits per heavy atom. The molecule has 2 aliphatic carbocycles. The molecule has 10 nitrogen and oxygen atoms in total. The fraction of sp³-hybridized carbons (Fsp3) is 0.550. The van der Waals surface area contributed by atoms with Gasteiger partial charge in [-0.25, -0.2) is 4.79 Å². The van der Waals surface area contributed by atoms with Gasteiger partial charge in [0.25, 0.3) is 0 Å². The third-order valence-corrected chi connectivity index (χ3v) is 10.6. The molecule has 0 aromatic heterocycles. The van der Waals surface area contributed by atoms with E-state index in [1.165, 1.54) is 12.7 Å². The molecule has 1 aliphatic heterocycles. The van der Waals surface area contributed by atoms with E-state index in [4.69, 9.17) is 23.8 Å². The van der Waals surface area contributed by atoms with Gasteiger partial charge in [-0.3, -0.25) is 0 Å². The molecule has 50 heavy (non-hydrogen) atoms. The molecule has 2 aromatic carbocycles. The topological polar surface area (TPSA) is 119 Å². The van der Waals surface area contributed by atoms with E-state index in [0.717, 1.165) is 53.8 Å². The van der Waals surface area contributed by atoms with Crippen LogP contribution < -0.4 is 9.47 Å². The van der Waals surface area contributed by atoms with Crippen molar-refractivity contribution in [3.05, 3.63) is 77.4 Å². The molecule has 1 amide bonds. The number of aryl methyl sites for hydroxylation is 2. The third kappa shape index (κ3) is 7.57. The molecule has 0 spiro atoms. The predicted octanol–water partition coefficient (Wildman–Crippen LogP) is 7.45. The fourth-order valence-electron chi connectivity index (χ4n) is 8.12. The molecule has 3 aliphatic rings. The van der Waals surface area contributed by atoms with Gasteiger partial charge in [0.2, 0.25) is 5.79 Å². The Morgan fingerprint density at radius 2 is 1.78 bits per heavy atom. The molecule has 6 unspecified atom stereocenters. The second-order valence-corrected chi connectivity index (χ2v) is 13.6. The van der Waals surface area contributed by atoms with E-state index in [2.05, 4.69) is 43.8 Å². The van der Waals surface area contributed by atoms with Gasteiger partial charge in [-0.15, -0.1) is 6.58 Å². The highest BCUT2D eigenvalue weighted by Crippen LogP contribution is 2.62. The molecular formula is C40H54N2O8. The van der Waals surface area contributed by atoms with Gasteiger partial charge in [-0.2, -0.15) is 0 Å². The quantitative estimate of drug-likeness (QED) is 0.106. The number of oxime groups is 1. The second-order valence-electron chi connectivity index (χ2n) is 13.6. The van der Waals surface area contributed by atoms with Gasteiger partial charge >= 0.3 is 6.09 Å². The number of fused-ring (bicyclic) bond motifs is 2. The number of amides is 1. The van der Waals surface area contributed by atoms with Crippen LogP contribution in [0.15, 0.2) is 65.9 Å². The van der Waals surface area contributed by atoms with Gasteiger partial charge in [0.05, 0.1) is 25.3 Å². The highest BCUT2D eigenvalue weighted by molar-refractivity contribution is 6.02. The number of nitrogens with zero attached hydrogens (tertiary/aromatic N) is 2. The number of rotatable bonds is 16. The Bertz CT molecular complexity index is 1560. The minimum atomic E-state index is -1.31. The summed E-state index contributed by atoms with van der Waals surface area (Å²) in [6.07, 6.45) is 8.66. The minimum absolute atomic E-state index is 0.119. The van der Waals surface area contributed by atoms with Crippen molar-refractivity contribution in [1.82, 2.24) is 4.90 Å². The summed E-state index contributed by atoms with van der Waals surface area (Å²) in [5.41, 5.74) is 5.07. The number of aliphatic hydroxyl groups excluding tert-OH is 2. The van der Waals surface area contributed by atoms with Crippen molar-refractivity contribution >= 4 is 11.8 Å². The van der Waals surface area contributed by atoms with Crippen molar-refractivity contribution in [2.45, 2.75) is 83.5 Å². The summed E-state index contributed by atoms with van der Waals surface area (Å²) in [5.74, 6) is 0.547. The van der Waals surface area contributed by atoms with Crippen molar-refractivity contribution in [2.24, 2.45) is 22.9 Å². The number of carbonyl (C=O) groups excluding carboxylic acids is 1. The monoisotopic (exact) mass is 690 g/mol. The molecule has 2 aromatic rings. The number of likely N-dealkylation sites (N-methyl/N-ethyl adjacent to an activating group) is 1. The van der Waals surface area contributed by atoms with Gasteiger partial charge < -0.3 is 38.9 Å². The van der Waals surface area contributed by atoms with Crippen LogP contribution >= 0.6 is 0 Å². The van der Waals surface area contributed by atoms with E-state index in [1.54, 1.807) is 18.0 Å². The van der Waals surface area contributed by atoms with E-state index in [0.29, 0.717) is 37.4 Å². The Hall–Kier alpha value is -3.86. The molecule has 1 fully saturated rings. The lowest BCUT2D eigenvalue weighted by atomic mass is 9.55. The van der Waals surface area contributed by atoms with E-state index < -0.39 is 17.9 Å². The highest BCUT2D eigenvalue weighted by atomic mass is 16.7. The van der Waals surface area contributed by atoms with Crippen molar-refractivity contribution in [2.75, 3.05) is 40.6 Å². The summed E-state index contributed by atoms with van der Waals surface area (Å²) in [6.45, 7) is 10.8. The number of benzene rings is 2. The first kappa shape index (κ1) is 37.4. The number of hydrogen-bond donors (Lipinski definition) is 2. The first-order chi connectivity index (χ1) is 24.2. The maximum absolute atomic E-state index is 13.2. The fourth-order valence-corrected chi connectivity index (χ4v) is 8.12.